The lowest BCUT2D eigenvalue weighted by Crippen LogP contribution is -1.78. The third kappa shape index (κ3) is 1.12. The molecule has 2 aromatic rings. The Bertz CT molecular complexity index is 315. The van der Waals surface area contributed by atoms with E-state index in [0.29, 0.717) is 0 Å². The summed E-state index contributed by atoms with van der Waals surface area (Å²) in [5, 5.41) is 7.42. The van der Waals surface area contributed by atoms with Gasteiger partial charge in [-0.3, -0.25) is 0 Å². The minimum atomic E-state index is 1.02. The summed E-state index contributed by atoms with van der Waals surface area (Å²) < 4.78 is 4.92. The lowest BCUT2D eigenvalue weighted by molar-refractivity contribution is 0.568. The third-order valence-corrected chi connectivity index (χ3v) is 1.44. The van der Waals surface area contributed by atoms with Crippen LogP contribution >= 0.6 is 0 Å². The first-order valence-corrected chi connectivity index (χ1v) is 3.26. The molecule has 3 heteroatoms. The summed E-state index contributed by atoms with van der Waals surface area (Å²) in [4.78, 5) is 0. The van der Waals surface area contributed by atoms with Gasteiger partial charge < -0.3 is 4.42 Å². The van der Waals surface area contributed by atoms with Crippen molar-refractivity contribution >= 4 is 0 Å². The van der Waals surface area contributed by atoms with Gasteiger partial charge in [-0.25, -0.2) is 0 Å². The van der Waals surface area contributed by atoms with Gasteiger partial charge in [-0.05, 0) is 12.1 Å². The van der Waals surface area contributed by atoms with Gasteiger partial charge in [0.2, 0.25) is 0 Å². The van der Waals surface area contributed by atoms with Crippen LogP contribution in [0.4, 0.5) is 0 Å². The van der Waals surface area contributed by atoms with E-state index in [1.165, 1.54) is 0 Å². The molecule has 2 rings (SSSR count). The molecule has 3 nitrogen and oxygen atoms in total. The monoisotopic (exact) mass is 146 g/mol. The molecule has 54 valence electrons. The van der Waals surface area contributed by atoms with Gasteiger partial charge in [-0.15, -0.1) is 0 Å². The van der Waals surface area contributed by atoms with E-state index in [1.54, 1.807) is 24.9 Å². The number of aromatic nitrogens is 2. The van der Waals surface area contributed by atoms with Crippen molar-refractivity contribution in [3.8, 4) is 11.1 Å². The molecule has 0 radical (unpaired) electrons. The van der Waals surface area contributed by atoms with Gasteiger partial charge in [0.25, 0.3) is 0 Å². The highest BCUT2D eigenvalue weighted by atomic mass is 16.3. The van der Waals surface area contributed by atoms with Crippen molar-refractivity contribution in [2.24, 2.45) is 0 Å². The fourth-order valence-corrected chi connectivity index (χ4v) is 0.890. The van der Waals surface area contributed by atoms with Gasteiger partial charge in [0.15, 0.2) is 0 Å². The van der Waals surface area contributed by atoms with Crippen LogP contribution in [0.25, 0.3) is 11.1 Å². The molecule has 0 unspecified atom stereocenters. The summed E-state index contributed by atoms with van der Waals surface area (Å²) in [5.74, 6) is 0. The topological polar surface area (TPSA) is 38.9 Å². The van der Waals surface area contributed by atoms with E-state index in [0.717, 1.165) is 11.1 Å². The Hall–Kier alpha value is -1.64. The van der Waals surface area contributed by atoms with E-state index in [2.05, 4.69) is 10.2 Å². The van der Waals surface area contributed by atoms with Crippen molar-refractivity contribution in [2.75, 3.05) is 0 Å². The van der Waals surface area contributed by atoms with Crippen LogP contribution in [0.15, 0.2) is 41.5 Å². The van der Waals surface area contributed by atoms with Crippen LogP contribution < -0.4 is 0 Å². The largest absolute Gasteiger partial charge is 0.472 e. The normalized spacial score (nSPS) is 9.82. The van der Waals surface area contributed by atoms with Gasteiger partial charge >= 0.3 is 0 Å². The van der Waals surface area contributed by atoms with Crippen molar-refractivity contribution in [3.05, 3.63) is 37.1 Å². The van der Waals surface area contributed by atoms with Gasteiger partial charge in [0, 0.05) is 11.1 Å². The molecule has 0 aliphatic heterocycles. The predicted octanol–water partition coefficient (Wildman–Crippen LogP) is 1.74. The molecule has 0 amide bonds. The molecule has 0 aliphatic carbocycles. The molecule has 0 saturated carbocycles. The lowest BCUT2D eigenvalue weighted by Gasteiger charge is -1.90. The van der Waals surface area contributed by atoms with Crippen LogP contribution in [0.5, 0.6) is 0 Å². The second-order valence-electron chi connectivity index (χ2n) is 2.14. The Morgan fingerprint density at radius 1 is 1.09 bits per heavy atom. The van der Waals surface area contributed by atoms with E-state index < -0.39 is 0 Å². The average Bonchev–Trinajstić information content (AvgIpc) is 2.58. The fourth-order valence-electron chi connectivity index (χ4n) is 0.890. The molecule has 0 fully saturated rings. The average molecular weight is 146 g/mol. The summed E-state index contributed by atoms with van der Waals surface area (Å²) in [6.45, 7) is 0. The SMILES string of the molecule is c1cc(-c2ccoc2)cnn1. The van der Waals surface area contributed by atoms with Crippen molar-refractivity contribution < 1.29 is 4.42 Å². The zero-order valence-corrected chi connectivity index (χ0v) is 5.77. The second-order valence-corrected chi connectivity index (χ2v) is 2.14. The van der Waals surface area contributed by atoms with Crippen LogP contribution in [0.3, 0.4) is 0 Å². The highest BCUT2D eigenvalue weighted by molar-refractivity contribution is 5.59. The van der Waals surface area contributed by atoms with Gasteiger partial charge in [0.05, 0.1) is 24.9 Å². The van der Waals surface area contributed by atoms with Gasteiger partial charge in [0.1, 0.15) is 0 Å². The maximum atomic E-state index is 4.92. The molecule has 11 heavy (non-hydrogen) atoms. The zero-order chi connectivity index (χ0) is 7.52. The maximum absolute atomic E-state index is 4.92. The molecular weight excluding hydrogens is 140 g/mol. The first-order valence-electron chi connectivity index (χ1n) is 3.26. The molecule has 0 N–H and O–H groups in total. The van der Waals surface area contributed by atoms with Crippen LogP contribution in [-0.2, 0) is 0 Å². The summed E-state index contributed by atoms with van der Waals surface area (Å²) in [5.41, 5.74) is 2.05. The highest BCUT2D eigenvalue weighted by Gasteiger charge is 1.96. The molecule has 2 heterocycles. The molecule has 0 aromatic carbocycles. The van der Waals surface area contributed by atoms with Crippen molar-refractivity contribution in [1.82, 2.24) is 10.2 Å². The fraction of sp³-hybridized carbons (Fsp3) is 0. The first kappa shape index (κ1) is 6.09. The minimum absolute atomic E-state index is 1.02. The van der Waals surface area contributed by atoms with Crippen molar-refractivity contribution in [1.29, 1.82) is 0 Å². The molecule has 0 bridgehead atoms. The predicted molar refractivity (Wildman–Crippen MR) is 39.7 cm³/mol. The van der Waals surface area contributed by atoms with E-state index in [-0.39, 0.29) is 0 Å². The minimum Gasteiger partial charge on any atom is -0.472 e. The maximum Gasteiger partial charge on any atom is 0.0981 e. The van der Waals surface area contributed by atoms with E-state index in [4.69, 9.17) is 4.42 Å². The molecule has 0 atom stereocenters. The van der Waals surface area contributed by atoms with Crippen LogP contribution in [0.1, 0.15) is 0 Å². The number of nitrogens with zero attached hydrogens (tertiary/aromatic N) is 2. The quantitative estimate of drug-likeness (QED) is 0.615. The van der Waals surface area contributed by atoms with E-state index in [9.17, 15) is 0 Å². The Morgan fingerprint density at radius 3 is 2.73 bits per heavy atom. The first-order chi connectivity index (χ1) is 5.47. The van der Waals surface area contributed by atoms with Crippen LogP contribution in [-0.4, -0.2) is 10.2 Å². The van der Waals surface area contributed by atoms with Gasteiger partial charge in [-0.2, -0.15) is 10.2 Å². The van der Waals surface area contributed by atoms with E-state index in [1.807, 2.05) is 12.1 Å². The summed E-state index contributed by atoms with van der Waals surface area (Å²) >= 11 is 0. The summed E-state index contributed by atoms with van der Waals surface area (Å²) in [6.07, 6.45) is 6.67. The summed E-state index contributed by atoms with van der Waals surface area (Å²) in [7, 11) is 0. The number of hydrogen-bond donors (Lipinski definition) is 0. The third-order valence-electron chi connectivity index (χ3n) is 1.44. The number of hydrogen-bond acceptors (Lipinski definition) is 3. The number of furan rings is 1. The Balaban J connectivity index is 2.46. The molecule has 2 aromatic heterocycles. The zero-order valence-electron chi connectivity index (χ0n) is 5.77. The smallest absolute Gasteiger partial charge is 0.0981 e. The van der Waals surface area contributed by atoms with Crippen molar-refractivity contribution in [3.63, 3.8) is 0 Å². The lowest BCUT2D eigenvalue weighted by atomic mass is 10.2. The molecule has 0 aliphatic rings. The Kier molecular flexibility index (Phi) is 1.41. The number of rotatable bonds is 1. The van der Waals surface area contributed by atoms with Gasteiger partial charge in [-0.1, -0.05) is 0 Å². The Morgan fingerprint density at radius 2 is 2.09 bits per heavy atom. The van der Waals surface area contributed by atoms with Crippen molar-refractivity contribution in [2.45, 2.75) is 0 Å². The Labute approximate surface area is 63.7 Å². The second kappa shape index (κ2) is 2.54. The van der Waals surface area contributed by atoms with Crippen LogP contribution in [0.2, 0.25) is 0 Å². The summed E-state index contributed by atoms with van der Waals surface area (Å²) in [6, 6.07) is 3.77. The standard InChI is InChI=1S/C8H6N2O/c1-3-9-10-5-7(1)8-2-4-11-6-8/h1-6H. The molecule has 0 spiro atoms. The highest BCUT2D eigenvalue weighted by Crippen LogP contribution is 2.16. The van der Waals surface area contributed by atoms with Crippen LogP contribution in [0, 0.1) is 0 Å². The molecule has 0 saturated heterocycles. The van der Waals surface area contributed by atoms with E-state index >= 15 is 0 Å². The molecular formula is C8H6N2O.